The molecule has 2 aliphatic carbocycles. The fourth-order valence-corrected chi connectivity index (χ4v) is 5.39. The van der Waals surface area contributed by atoms with Gasteiger partial charge in [-0.1, -0.05) is 6.42 Å². The van der Waals surface area contributed by atoms with Crippen molar-refractivity contribution in [3.05, 3.63) is 18.2 Å². The first-order valence-electron chi connectivity index (χ1n) is 7.57. The van der Waals surface area contributed by atoms with Crippen LogP contribution in [-0.4, -0.2) is 18.8 Å². The van der Waals surface area contributed by atoms with E-state index in [2.05, 4.69) is 17.0 Å². The van der Waals surface area contributed by atoms with Crippen LogP contribution in [-0.2, 0) is 0 Å². The molecule has 0 amide bonds. The zero-order chi connectivity index (χ0) is 12.8. The number of hydrogen-bond acceptors (Lipinski definition) is 3. The van der Waals surface area contributed by atoms with Gasteiger partial charge in [-0.15, -0.1) is 11.8 Å². The second-order valence-electron chi connectivity index (χ2n) is 6.46. The summed E-state index contributed by atoms with van der Waals surface area (Å²) in [6, 6.07) is 6.41. The van der Waals surface area contributed by atoms with E-state index in [9.17, 15) is 0 Å². The molecule has 4 rings (SSSR count). The highest BCUT2D eigenvalue weighted by Gasteiger charge is 2.40. The highest BCUT2D eigenvalue weighted by Crippen LogP contribution is 2.49. The van der Waals surface area contributed by atoms with Crippen LogP contribution in [0.2, 0.25) is 0 Å². The number of thioether (sulfide) groups is 1. The lowest BCUT2D eigenvalue weighted by molar-refractivity contribution is 0.334. The Kier molecular flexibility index (Phi) is 2.91. The normalized spacial score (nSPS) is 32.6. The third-order valence-electron chi connectivity index (χ3n) is 5.28. The third-order valence-corrected chi connectivity index (χ3v) is 6.32. The Morgan fingerprint density at radius 3 is 3.00 bits per heavy atom. The maximum atomic E-state index is 5.98. The summed E-state index contributed by atoms with van der Waals surface area (Å²) in [4.78, 5) is 4.02. The van der Waals surface area contributed by atoms with Gasteiger partial charge in [0.25, 0.3) is 0 Å². The molecule has 2 saturated carbocycles. The number of hydrogen-bond donors (Lipinski definition) is 1. The molecule has 3 unspecified atom stereocenters. The summed E-state index contributed by atoms with van der Waals surface area (Å²) in [5.41, 5.74) is 8.27. The standard InChI is InChI=1S/C16H22N2S/c17-14-3-4-16-15(9-14)18(5-6-19-16)10-13-8-11-1-2-12(13)7-11/h3-4,9,11-13H,1-2,5-8,10,17H2. The summed E-state index contributed by atoms with van der Waals surface area (Å²) in [5.74, 6) is 4.23. The molecular formula is C16H22N2S. The van der Waals surface area contributed by atoms with Crippen LogP contribution in [0.15, 0.2) is 23.1 Å². The molecule has 1 aromatic rings. The lowest BCUT2D eigenvalue weighted by Gasteiger charge is -2.35. The summed E-state index contributed by atoms with van der Waals surface area (Å²) in [5, 5.41) is 0. The average Bonchev–Trinajstić information content (AvgIpc) is 3.02. The van der Waals surface area contributed by atoms with E-state index in [4.69, 9.17) is 5.73 Å². The quantitative estimate of drug-likeness (QED) is 0.835. The van der Waals surface area contributed by atoms with Crippen molar-refractivity contribution in [3.8, 4) is 0 Å². The lowest BCUT2D eigenvalue weighted by atomic mass is 9.88. The molecule has 0 spiro atoms. The first-order chi connectivity index (χ1) is 9.29. The minimum Gasteiger partial charge on any atom is -0.399 e. The molecule has 0 radical (unpaired) electrons. The van der Waals surface area contributed by atoms with Gasteiger partial charge in [0, 0.05) is 29.4 Å². The van der Waals surface area contributed by atoms with Crippen molar-refractivity contribution in [2.75, 3.05) is 29.5 Å². The SMILES string of the molecule is Nc1ccc2c(c1)N(CC1CC3CCC1C3)CCS2. The number of nitrogens with two attached hydrogens (primary N) is 1. The van der Waals surface area contributed by atoms with Crippen molar-refractivity contribution in [2.24, 2.45) is 17.8 Å². The number of anilines is 2. The van der Waals surface area contributed by atoms with Gasteiger partial charge in [0.1, 0.15) is 0 Å². The Morgan fingerprint density at radius 2 is 2.21 bits per heavy atom. The van der Waals surface area contributed by atoms with Gasteiger partial charge < -0.3 is 10.6 Å². The average molecular weight is 274 g/mol. The first kappa shape index (κ1) is 12.0. The number of rotatable bonds is 2. The molecular weight excluding hydrogens is 252 g/mol. The molecule has 2 N–H and O–H groups in total. The van der Waals surface area contributed by atoms with Crippen molar-refractivity contribution in [2.45, 2.75) is 30.6 Å². The van der Waals surface area contributed by atoms with Gasteiger partial charge in [-0.25, -0.2) is 0 Å². The summed E-state index contributed by atoms with van der Waals surface area (Å²) < 4.78 is 0. The number of nitrogens with zero attached hydrogens (tertiary/aromatic N) is 1. The summed E-state index contributed by atoms with van der Waals surface area (Å²) in [7, 11) is 0. The van der Waals surface area contributed by atoms with Gasteiger partial charge in [0.2, 0.25) is 0 Å². The Morgan fingerprint density at radius 1 is 1.26 bits per heavy atom. The Hall–Kier alpha value is -0.830. The maximum absolute atomic E-state index is 5.98. The Labute approximate surface area is 119 Å². The summed E-state index contributed by atoms with van der Waals surface area (Å²) in [6.07, 6.45) is 5.98. The topological polar surface area (TPSA) is 29.3 Å². The molecule has 2 nitrogen and oxygen atoms in total. The number of nitrogen functional groups attached to an aromatic ring is 1. The zero-order valence-electron chi connectivity index (χ0n) is 11.3. The van der Waals surface area contributed by atoms with E-state index in [1.165, 1.54) is 55.1 Å². The molecule has 1 aliphatic heterocycles. The first-order valence-corrected chi connectivity index (χ1v) is 8.55. The molecule has 2 fully saturated rings. The van der Waals surface area contributed by atoms with Crippen molar-refractivity contribution in [1.82, 2.24) is 0 Å². The molecule has 19 heavy (non-hydrogen) atoms. The predicted molar refractivity (Wildman–Crippen MR) is 82.7 cm³/mol. The van der Waals surface area contributed by atoms with Crippen LogP contribution in [0.5, 0.6) is 0 Å². The molecule has 0 saturated heterocycles. The van der Waals surface area contributed by atoms with Crippen LogP contribution < -0.4 is 10.6 Å². The minimum atomic E-state index is 0.902. The molecule has 3 atom stereocenters. The fraction of sp³-hybridized carbons (Fsp3) is 0.625. The molecule has 1 heterocycles. The maximum Gasteiger partial charge on any atom is 0.0525 e. The van der Waals surface area contributed by atoms with E-state index in [0.717, 1.165) is 23.4 Å². The van der Waals surface area contributed by atoms with Crippen LogP contribution in [0.4, 0.5) is 11.4 Å². The largest absolute Gasteiger partial charge is 0.399 e. The Balaban J connectivity index is 1.55. The second kappa shape index (κ2) is 4.62. The van der Waals surface area contributed by atoms with Crippen molar-refractivity contribution in [3.63, 3.8) is 0 Å². The van der Waals surface area contributed by atoms with Crippen molar-refractivity contribution in [1.29, 1.82) is 0 Å². The van der Waals surface area contributed by atoms with E-state index in [-0.39, 0.29) is 0 Å². The summed E-state index contributed by atoms with van der Waals surface area (Å²) >= 11 is 1.98. The van der Waals surface area contributed by atoms with Gasteiger partial charge >= 0.3 is 0 Å². The van der Waals surface area contributed by atoms with Crippen molar-refractivity contribution < 1.29 is 0 Å². The second-order valence-corrected chi connectivity index (χ2v) is 7.59. The zero-order valence-corrected chi connectivity index (χ0v) is 12.2. The van der Waals surface area contributed by atoms with Crippen LogP contribution >= 0.6 is 11.8 Å². The molecule has 3 aliphatic rings. The summed E-state index contributed by atoms with van der Waals surface area (Å²) in [6.45, 7) is 2.45. The van der Waals surface area contributed by atoms with E-state index < -0.39 is 0 Å². The molecule has 3 heteroatoms. The van der Waals surface area contributed by atoms with Gasteiger partial charge in [0.15, 0.2) is 0 Å². The van der Waals surface area contributed by atoms with E-state index >= 15 is 0 Å². The predicted octanol–water partition coefficient (Wildman–Crippen LogP) is 3.62. The van der Waals surface area contributed by atoms with Gasteiger partial charge in [-0.2, -0.15) is 0 Å². The van der Waals surface area contributed by atoms with Gasteiger partial charge in [-0.05, 0) is 55.2 Å². The smallest absolute Gasteiger partial charge is 0.0525 e. The lowest BCUT2D eigenvalue weighted by Crippen LogP contribution is -2.35. The molecule has 1 aromatic carbocycles. The fourth-order valence-electron chi connectivity index (χ4n) is 4.36. The van der Waals surface area contributed by atoms with Crippen LogP contribution in [0, 0.1) is 17.8 Å². The van der Waals surface area contributed by atoms with Crippen molar-refractivity contribution >= 4 is 23.1 Å². The van der Waals surface area contributed by atoms with E-state index in [1.54, 1.807) is 0 Å². The monoisotopic (exact) mass is 274 g/mol. The van der Waals surface area contributed by atoms with Crippen LogP contribution in [0.3, 0.4) is 0 Å². The van der Waals surface area contributed by atoms with Crippen LogP contribution in [0.1, 0.15) is 25.7 Å². The molecule has 102 valence electrons. The van der Waals surface area contributed by atoms with Crippen LogP contribution in [0.25, 0.3) is 0 Å². The van der Waals surface area contributed by atoms with E-state index in [1.807, 2.05) is 17.8 Å². The third kappa shape index (κ3) is 2.12. The molecule has 0 aromatic heterocycles. The Bertz CT molecular complexity index is 488. The number of fused-ring (bicyclic) bond motifs is 3. The highest BCUT2D eigenvalue weighted by atomic mass is 32.2. The minimum absolute atomic E-state index is 0.902. The van der Waals surface area contributed by atoms with Gasteiger partial charge in [0.05, 0.1) is 5.69 Å². The highest BCUT2D eigenvalue weighted by molar-refractivity contribution is 7.99. The number of benzene rings is 1. The molecule has 2 bridgehead atoms. The van der Waals surface area contributed by atoms with Gasteiger partial charge in [-0.3, -0.25) is 0 Å². The van der Waals surface area contributed by atoms with E-state index in [0.29, 0.717) is 0 Å².